The number of thioether (sulfide) groups is 1. The highest BCUT2D eigenvalue weighted by Gasteiger charge is 2.34. The average molecular weight is 280 g/mol. The SMILES string of the molecule is O=C([O-])CN1C(=O)S/C(=C\c2cccc(F)c2)C1=O. The van der Waals surface area contributed by atoms with Gasteiger partial charge in [0.25, 0.3) is 11.1 Å². The van der Waals surface area contributed by atoms with Gasteiger partial charge in [0.2, 0.25) is 0 Å². The summed E-state index contributed by atoms with van der Waals surface area (Å²) in [6.45, 7) is -0.787. The Morgan fingerprint density at radius 3 is 2.79 bits per heavy atom. The molecule has 1 saturated heterocycles. The van der Waals surface area contributed by atoms with E-state index in [9.17, 15) is 23.9 Å². The van der Waals surface area contributed by atoms with Crippen molar-refractivity contribution in [2.75, 3.05) is 6.54 Å². The zero-order valence-electron chi connectivity index (χ0n) is 9.46. The maximum absolute atomic E-state index is 13.0. The molecule has 98 valence electrons. The second-order valence-electron chi connectivity index (χ2n) is 3.69. The van der Waals surface area contributed by atoms with Crippen LogP contribution in [0.2, 0.25) is 0 Å². The number of halogens is 1. The van der Waals surface area contributed by atoms with E-state index < -0.39 is 29.5 Å². The van der Waals surface area contributed by atoms with Crippen molar-refractivity contribution in [2.45, 2.75) is 0 Å². The van der Waals surface area contributed by atoms with Crippen LogP contribution in [0.25, 0.3) is 6.08 Å². The van der Waals surface area contributed by atoms with Crippen LogP contribution in [-0.4, -0.2) is 28.6 Å². The highest BCUT2D eigenvalue weighted by atomic mass is 32.2. The third kappa shape index (κ3) is 3.00. The molecule has 1 aliphatic rings. The lowest BCUT2D eigenvalue weighted by Crippen LogP contribution is -2.40. The van der Waals surface area contributed by atoms with E-state index >= 15 is 0 Å². The van der Waals surface area contributed by atoms with E-state index in [4.69, 9.17) is 0 Å². The molecule has 0 unspecified atom stereocenters. The average Bonchev–Trinajstić information content (AvgIpc) is 2.57. The third-order valence-corrected chi connectivity index (χ3v) is 3.21. The molecule has 2 amide bonds. The summed E-state index contributed by atoms with van der Waals surface area (Å²) in [7, 11) is 0. The van der Waals surface area contributed by atoms with Crippen molar-refractivity contribution in [2.24, 2.45) is 0 Å². The summed E-state index contributed by atoms with van der Waals surface area (Å²) in [5.74, 6) is -2.71. The number of hydrogen-bond acceptors (Lipinski definition) is 5. The molecule has 0 spiro atoms. The fraction of sp³-hybridized carbons (Fsp3) is 0.0833. The molecule has 1 fully saturated rings. The van der Waals surface area contributed by atoms with Gasteiger partial charge in [0, 0.05) is 0 Å². The van der Waals surface area contributed by atoms with Crippen LogP contribution in [0.1, 0.15) is 5.56 Å². The van der Waals surface area contributed by atoms with Gasteiger partial charge in [0.05, 0.1) is 17.4 Å². The summed E-state index contributed by atoms with van der Waals surface area (Å²) < 4.78 is 13.0. The predicted molar refractivity (Wildman–Crippen MR) is 64.1 cm³/mol. The molecule has 0 N–H and O–H groups in total. The lowest BCUT2D eigenvalue weighted by atomic mass is 10.2. The van der Waals surface area contributed by atoms with Gasteiger partial charge < -0.3 is 9.90 Å². The number of benzene rings is 1. The van der Waals surface area contributed by atoms with Crippen molar-refractivity contribution in [1.29, 1.82) is 0 Å². The number of aliphatic carboxylic acids is 1. The summed E-state index contributed by atoms with van der Waals surface area (Å²) in [6, 6.07) is 5.48. The quantitative estimate of drug-likeness (QED) is 0.758. The monoisotopic (exact) mass is 280 g/mol. The van der Waals surface area contributed by atoms with Crippen LogP contribution in [0.15, 0.2) is 29.2 Å². The number of carboxylic acid groups (broad SMARTS) is 1. The number of nitrogens with zero attached hydrogens (tertiary/aromatic N) is 1. The molecule has 0 bridgehead atoms. The Hall–Kier alpha value is -2.15. The topological polar surface area (TPSA) is 77.5 Å². The van der Waals surface area contributed by atoms with Gasteiger partial charge in [-0.25, -0.2) is 4.39 Å². The first-order valence-corrected chi connectivity index (χ1v) is 6.00. The van der Waals surface area contributed by atoms with Crippen molar-refractivity contribution >= 4 is 35.0 Å². The van der Waals surface area contributed by atoms with Crippen LogP contribution in [0.5, 0.6) is 0 Å². The van der Waals surface area contributed by atoms with Gasteiger partial charge >= 0.3 is 0 Å². The molecular weight excluding hydrogens is 273 g/mol. The minimum Gasteiger partial charge on any atom is -0.548 e. The molecule has 19 heavy (non-hydrogen) atoms. The van der Waals surface area contributed by atoms with Crippen LogP contribution in [0, 0.1) is 5.82 Å². The second kappa shape index (κ2) is 5.23. The molecule has 0 aliphatic carbocycles. The molecule has 0 saturated carbocycles. The molecule has 1 heterocycles. The first-order valence-electron chi connectivity index (χ1n) is 5.18. The molecule has 1 aromatic carbocycles. The van der Waals surface area contributed by atoms with E-state index in [1.807, 2.05) is 0 Å². The van der Waals surface area contributed by atoms with Crippen LogP contribution in [0.3, 0.4) is 0 Å². The first kappa shape index (κ1) is 13.3. The summed E-state index contributed by atoms with van der Waals surface area (Å²) in [5, 5.41) is 9.74. The summed E-state index contributed by atoms with van der Waals surface area (Å²) in [4.78, 5) is 34.3. The highest BCUT2D eigenvalue weighted by Crippen LogP contribution is 2.31. The standard InChI is InChI=1S/C12H8FNO4S/c13-8-3-1-2-7(4-8)5-9-11(17)14(6-10(15)16)12(18)19-9/h1-5H,6H2,(H,15,16)/p-1/b9-5-. The lowest BCUT2D eigenvalue weighted by molar-refractivity contribution is -0.305. The smallest absolute Gasteiger partial charge is 0.293 e. The largest absolute Gasteiger partial charge is 0.548 e. The highest BCUT2D eigenvalue weighted by molar-refractivity contribution is 8.18. The Bertz CT molecular complexity index is 599. The number of carboxylic acids is 1. The molecule has 1 aromatic rings. The van der Waals surface area contributed by atoms with Gasteiger partial charge in [-0.05, 0) is 35.5 Å². The van der Waals surface area contributed by atoms with Crippen LogP contribution in [0.4, 0.5) is 9.18 Å². The van der Waals surface area contributed by atoms with E-state index in [1.165, 1.54) is 24.3 Å². The van der Waals surface area contributed by atoms with Crippen molar-refractivity contribution in [3.8, 4) is 0 Å². The normalized spacial score (nSPS) is 17.3. The molecule has 0 aromatic heterocycles. The molecule has 1 aliphatic heterocycles. The van der Waals surface area contributed by atoms with Crippen molar-refractivity contribution in [3.63, 3.8) is 0 Å². The van der Waals surface area contributed by atoms with Gasteiger partial charge in [0.1, 0.15) is 5.82 Å². The zero-order valence-corrected chi connectivity index (χ0v) is 10.3. The lowest BCUT2D eigenvalue weighted by Gasteiger charge is -2.12. The summed E-state index contributed by atoms with van der Waals surface area (Å²) in [6.07, 6.45) is 1.34. The number of carbonyl (C=O) groups is 3. The number of amides is 2. The Morgan fingerprint density at radius 1 is 1.42 bits per heavy atom. The maximum atomic E-state index is 13.0. The number of rotatable bonds is 3. The Labute approximate surface area is 111 Å². The van der Waals surface area contributed by atoms with E-state index in [1.54, 1.807) is 6.07 Å². The fourth-order valence-electron chi connectivity index (χ4n) is 1.51. The fourth-order valence-corrected chi connectivity index (χ4v) is 2.35. The summed E-state index contributed by atoms with van der Waals surface area (Å²) >= 11 is 0.609. The van der Waals surface area contributed by atoms with Gasteiger partial charge in [-0.1, -0.05) is 12.1 Å². The number of imide groups is 1. The van der Waals surface area contributed by atoms with Crippen LogP contribution < -0.4 is 5.11 Å². The molecule has 7 heteroatoms. The van der Waals surface area contributed by atoms with Crippen molar-refractivity contribution < 1.29 is 23.9 Å². The Kier molecular flexibility index (Phi) is 3.66. The minimum atomic E-state index is -1.52. The van der Waals surface area contributed by atoms with Crippen molar-refractivity contribution in [1.82, 2.24) is 4.90 Å². The van der Waals surface area contributed by atoms with Gasteiger partial charge in [-0.3, -0.25) is 14.5 Å². The van der Waals surface area contributed by atoms with E-state index in [-0.39, 0.29) is 4.91 Å². The Morgan fingerprint density at radius 2 is 2.16 bits per heavy atom. The first-order chi connectivity index (χ1) is 8.97. The number of hydrogen-bond donors (Lipinski definition) is 0. The van der Waals surface area contributed by atoms with E-state index in [0.717, 1.165) is 0 Å². The van der Waals surface area contributed by atoms with Crippen molar-refractivity contribution in [3.05, 3.63) is 40.6 Å². The van der Waals surface area contributed by atoms with E-state index in [0.29, 0.717) is 22.2 Å². The van der Waals surface area contributed by atoms with Crippen LogP contribution >= 0.6 is 11.8 Å². The maximum Gasteiger partial charge on any atom is 0.293 e. The molecule has 0 atom stereocenters. The molecular formula is C12H7FNO4S-. The van der Waals surface area contributed by atoms with Gasteiger partial charge in [-0.15, -0.1) is 0 Å². The van der Waals surface area contributed by atoms with Gasteiger partial charge in [0.15, 0.2) is 0 Å². The Balaban J connectivity index is 2.25. The third-order valence-electron chi connectivity index (χ3n) is 2.31. The van der Waals surface area contributed by atoms with Crippen LogP contribution in [-0.2, 0) is 9.59 Å². The zero-order chi connectivity index (χ0) is 14.0. The summed E-state index contributed by atoms with van der Waals surface area (Å²) in [5.41, 5.74) is 0.416. The molecule has 0 radical (unpaired) electrons. The van der Waals surface area contributed by atoms with Gasteiger partial charge in [-0.2, -0.15) is 0 Å². The molecule has 2 rings (SSSR count). The molecule has 5 nitrogen and oxygen atoms in total. The second-order valence-corrected chi connectivity index (χ2v) is 4.69. The minimum absolute atomic E-state index is 0.0526. The predicted octanol–water partition coefficient (Wildman–Crippen LogP) is 0.612. The number of carbonyl (C=O) groups excluding carboxylic acids is 3. The van der Waals surface area contributed by atoms with E-state index in [2.05, 4.69) is 0 Å².